The van der Waals surface area contributed by atoms with E-state index in [4.69, 9.17) is 10.5 Å². The molecule has 0 amide bonds. The van der Waals surface area contributed by atoms with E-state index in [0.717, 1.165) is 23.7 Å². The zero-order valence-corrected chi connectivity index (χ0v) is 9.28. The Labute approximate surface area is 91.4 Å². The first kappa shape index (κ1) is 10.5. The Morgan fingerprint density at radius 2 is 2.13 bits per heavy atom. The van der Waals surface area contributed by atoms with Gasteiger partial charge in [-0.25, -0.2) is 0 Å². The van der Waals surface area contributed by atoms with Gasteiger partial charge in [-0.15, -0.1) is 0 Å². The van der Waals surface area contributed by atoms with Crippen molar-refractivity contribution in [3.8, 4) is 5.75 Å². The van der Waals surface area contributed by atoms with Crippen molar-refractivity contribution in [1.29, 1.82) is 0 Å². The van der Waals surface area contributed by atoms with Crippen molar-refractivity contribution in [2.45, 2.75) is 32.2 Å². The summed E-state index contributed by atoms with van der Waals surface area (Å²) in [5.74, 6) is 1.81. The molecule has 1 fully saturated rings. The first-order chi connectivity index (χ1) is 7.31. The van der Waals surface area contributed by atoms with Crippen LogP contribution in [0.3, 0.4) is 0 Å². The van der Waals surface area contributed by atoms with E-state index in [-0.39, 0.29) is 6.04 Å². The maximum absolute atomic E-state index is 6.19. The fourth-order valence-corrected chi connectivity index (χ4v) is 1.91. The van der Waals surface area contributed by atoms with Crippen LogP contribution < -0.4 is 10.5 Å². The molecule has 2 nitrogen and oxygen atoms in total. The van der Waals surface area contributed by atoms with Gasteiger partial charge in [-0.1, -0.05) is 31.0 Å². The summed E-state index contributed by atoms with van der Waals surface area (Å²) in [5.41, 5.74) is 7.35. The molecule has 0 unspecified atom stereocenters. The van der Waals surface area contributed by atoms with Crippen molar-refractivity contribution in [3.63, 3.8) is 0 Å². The van der Waals surface area contributed by atoms with Crippen molar-refractivity contribution < 1.29 is 4.74 Å². The zero-order chi connectivity index (χ0) is 10.7. The summed E-state index contributed by atoms with van der Waals surface area (Å²) in [6, 6.07) is 8.26. The van der Waals surface area contributed by atoms with Gasteiger partial charge >= 0.3 is 0 Å². The van der Waals surface area contributed by atoms with Gasteiger partial charge in [-0.3, -0.25) is 0 Å². The normalized spacial score (nSPS) is 17.5. The molecule has 1 aliphatic rings. The van der Waals surface area contributed by atoms with Crippen molar-refractivity contribution in [2.75, 3.05) is 6.61 Å². The molecule has 1 aromatic rings. The Kier molecular flexibility index (Phi) is 3.27. The molecular weight excluding hydrogens is 186 g/mol. The number of para-hydroxylation sites is 1. The lowest BCUT2D eigenvalue weighted by Gasteiger charge is -2.15. The second kappa shape index (κ2) is 4.67. The largest absolute Gasteiger partial charge is 0.494 e. The molecule has 1 aromatic carbocycles. The lowest BCUT2D eigenvalue weighted by atomic mass is 10.0. The maximum atomic E-state index is 6.19. The van der Waals surface area contributed by atoms with E-state index in [1.807, 2.05) is 25.1 Å². The molecule has 0 aliphatic heterocycles. The predicted octanol–water partition coefficient (Wildman–Crippen LogP) is 2.89. The molecule has 1 saturated carbocycles. The van der Waals surface area contributed by atoms with Gasteiger partial charge in [0.05, 0.1) is 6.61 Å². The number of ether oxygens (including phenoxy) is 1. The van der Waals surface area contributed by atoms with E-state index < -0.39 is 0 Å². The maximum Gasteiger partial charge on any atom is 0.124 e. The second-order valence-corrected chi connectivity index (χ2v) is 4.26. The molecule has 0 bridgehead atoms. The molecule has 0 heterocycles. The predicted molar refractivity (Wildman–Crippen MR) is 61.9 cm³/mol. The van der Waals surface area contributed by atoms with E-state index in [9.17, 15) is 0 Å². The quantitative estimate of drug-likeness (QED) is 0.802. The minimum absolute atomic E-state index is 0.139. The standard InChI is InChI=1S/C13H19NO/c1-2-15-13-6-4-3-5-11(13)12(14)9-10-7-8-10/h3-6,10,12H,2,7-9,14H2,1H3/t12-/m1/s1. The second-order valence-electron chi connectivity index (χ2n) is 4.26. The summed E-state index contributed by atoms with van der Waals surface area (Å²) in [5, 5.41) is 0. The van der Waals surface area contributed by atoms with E-state index in [1.54, 1.807) is 0 Å². The number of rotatable bonds is 5. The van der Waals surface area contributed by atoms with Crippen molar-refractivity contribution >= 4 is 0 Å². The van der Waals surface area contributed by atoms with Gasteiger partial charge in [-0.05, 0) is 25.3 Å². The first-order valence-electron chi connectivity index (χ1n) is 5.78. The summed E-state index contributed by atoms with van der Waals surface area (Å²) >= 11 is 0. The summed E-state index contributed by atoms with van der Waals surface area (Å²) in [6.45, 7) is 2.70. The molecule has 2 N–H and O–H groups in total. The van der Waals surface area contributed by atoms with E-state index >= 15 is 0 Å². The summed E-state index contributed by atoms with van der Waals surface area (Å²) in [4.78, 5) is 0. The molecule has 0 saturated heterocycles. The molecule has 82 valence electrons. The van der Waals surface area contributed by atoms with Crippen LogP contribution in [0.1, 0.15) is 37.8 Å². The topological polar surface area (TPSA) is 35.2 Å². The Morgan fingerprint density at radius 3 is 2.80 bits per heavy atom. The fourth-order valence-electron chi connectivity index (χ4n) is 1.91. The average Bonchev–Trinajstić information content (AvgIpc) is 3.03. The molecule has 0 aromatic heterocycles. The number of hydrogen-bond acceptors (Lipinski definition) is 2. The van der Waals surface area contributed by atoms with E-state index in [1.165, 1.54) is 12.8 Å². The van der Waals surface area contributed by atoms with Gasteiger partial charge in [-0.2, -0.15) is 0 Å². The van der Waals surface area contributed by atoms with Gasteiger partial charge in [0, 0.05) is 11.6 Å². The molecule has 0 spiro atoms. The minimum Gasteiger partial charge on any atom is -0.494 e. The first-order valence-corrected chi connectivity index (χ1v) is 5.78. The monoisotopic (exact) mass is 205 g/mol. The third kappa shape index (κ3) is 2.72. The van der Waals surface area contributed by atoms with Crippen LogP contribution in [0.4, 0.5) is 0 Å². The van der Waals surface area contributed by atoms with Crippen LogP contribution in [0.5, 0.6) is 5.75 Å². The van der Waals surface area contributed by atoms with Crippen LogP contribution >= 0.6 is 0 Å². The van der Waals surface area contributed by atoms with Crippen LogP contribution in [0, 0.1) is 5.92 Å². The molecule has 1 atom stereocenters. The molecule has 1 aliphatic carbocycles. The number of nitrogens with two attached hydrogens (primary N) is 1. The van der Waals surface area contributed by atoms with Crippen LogP contribution in [0.25, 0.3) is 0 Å². The van der Waals surface area contributed by atoms with E-state index in [0.29, 0.717) is 6.61 Å². The van der Waals surface area contributed by atoms with Gasteiger partial charge in [0.25, 0.3) is 0 Å². The number of hydrogen-bond donors (Lipinski definition) is 1. The molecule has 15 heavy (non-hydrogen) atoms. The Hall–Kier alpha value is -1.02. The van der Waals surface area contributed by atoms with Crippen molar-refractivity contribution in [2.24, 2.45) is 11.7 Å². The third-order valence-electron chi connectivity index (χ3n) is 2.90. The summed E-state index contributed by atoms with van der Waals surface area (Å²) in [6.07, 6.45) is 3.80. The van der Waals surface area contributed by atoms with Crippen molar-refractivity contribution in [3.05, 3.63) is 29.8 Å². The van der Waals surface area contributed by atoms with Gasteiger partial charge in [0.15, 0.2) is 0 Å². The average molecular weight is 205 g/mol. The Balaban J connectivity index is 2.09. The fraction of sp³-hybridized carbons (Fsp3) is 0.538. The lowest BCUT2D eigenvalue weighted by molar-refractivity contribution is 0.333. The van der Waals surface area contributed by atoms with Gasteiger partial charge in [0.1, 0.15) is 5.75 Å². The lowest BCUT2D eigenvalue weighted by Crippen LogP contribution is -2.12. The molecule has 2 rings (SSSR count). The van der Waals surface area contributed by atoms with Crippen LogP contribution in [0.2, 0.25) is 0 Å². The van der Waals surface area contributed by atoms with Gasteiger partial charge in [0.2, 0.25) is 0 Å². The van der Waals surface area contributed by atoms with Crippen LogP contribution in [0.15, 0.2) is 24.3 Å². The minimum atomic E-state index is 0.139. The van der Waals surface area contributed by atoms with Crippen molar-refractivity contribution in [1.82, 2.24) is 0 Å². The summed E-state index contributed by atoms with van der Waals surface area (Å²) < 4.78 is 5.58. The zero-order valence-electron chi connectivity index (χ0n) is 9.28. The molecular formula is C13H19NO. The smallest absolute Gasteiger partial charge is 0.124 e. The van der Waals surface area contributed by atoms with Crippen LogP contribution in [-0.4, -0.2) is 6.61 Å². The number of benzene rings is 1. The Morgan fingerprint density at radius 1 is 1.40 bits per heavy atom. The highest BCUT2D eigenvalue weighted by Gasteiger charge is 2.25. The SMILES string of the molecule is CCOc1ccccc1[C@H](N)CC1CC1. The van der Waals surface area contributed by atoms with Gasteiger partial charge < -0.3 is 10.5 Å². The van der Waals surface area contributed by atoms with Crippen LogP contribution in [-0.2, 0) is 0 Å². The highest BCUT2D eigenvalue weighted by Crippen LogP contribution is 2.38. The molecule has 0 radical (unpaired) electrons. The Bertz CT molecular complexity index is 320. The van der Waals surface area contributed by atoms with E-state index in [2.05, 4.69) is 6.07 Å². The third-order valence-corrected chi connectivity index (χ3v) is 2.90. The highest BCUT2D eigenvalue weighted by atomic mass is 16.5. The molecule has 2 heteroatoms. The highest BCUT2D eigenvalue weighted by molar-refractivity contribution is 5.35. The summed E-state index contributed by atoms with van der Waals surface area (Å²) in [7, 11) is 0.